The summed E-state index contributed by atoms with van der Waals surface area (Å²) >= 11 is 2.70. The molecule has 7 nitrogen and oxygen atoms in total. The molecule has 2 rings (SSSR count). The van der Waals surface area contributed by atoms with Gasteiger partial charge in [0.2, 0.25) is 4.73 Å². The van der Waals surface area contributed by atoms with E-state index in [2.05, 4.69) is 36.1 Å². The maximum Gasteiger partial charge on any atom is 0.453 e. The van der Waals surface area contributed by atoms with Crippen molar-refractivity contribution in [3.8, 4) is 0 Å². The first-order valence-corrected chi connectivity index (χ1v) is 4.78. The van der Waals surface area contributed by atoms with Crippen LogP contribution in [0.25, 0.3) is 0 Å². The second-order valence-corrected chi connectivity index (χ2v) is 3.45. The number of halogens is 4. The fraction of sp³-hybridized carbons (Fsp3) is 0.167. The maximum atomic E-state index is 12.3. The lowest BCUT2D eigenvalue weighted by Crippen LogP contribution is -2.22. The molecule has 0 unspecified atom stereocenters. The second kappa shape index (κ2) is 3.91. The third-order valence-electron chi connectivity index (χ3n) is 1.62. The van der Waals surface area contributed by atoms with Gasteiger partial charge in [0.1, 0.15) is 12.7 Å². The summed E-state index contributed by atoms with van der Waals surface area (Å²) in [5.41, 5.74) is 0. The van der Waals surface area contributed by atoms with Crippen molar-refractivity contribution < 1.29 is 18.0 Å². The molecule has 0 aliphatic carbocycles. The SMILES string of the molecule is O=C(n1cncn1)n1nc(C(F)(F)F)nc1Br. The van der Waals surface area contributed by atoms with Gasteiger partial charge < -0.3 is 0 Å². The van der Waals surface area contributed by atoms with Gasteiger partial charge in [-0.05, 0) is 15.9 Å². The van der Waals surface area contributed by atoms with E-state index < -0.39 is 18.0 Å². The Balaban J connectivity index is 2.41. The first-order valence-electron chi connectivity index (χ1n) is 3.98. The average molecular weight is 311 g/mol. The average Bonchev–Trinajstić information content (AvgIpc) is 2.83. The Morgan fingerprint density at radius 3 is 2.59 bits per heavy atom. The second-order valence-electron chi connectivity index (χ2n) is 2.74. The van der Waals surface area contributed by atoms with Gasteiger partial charge in [-0.1, -0.05) is 0 Å². The molecule has 0 radical (unpaired) electrons. The number of aromatic nitrogens is 6. The van der Waals surface area contributed by atoms with Gasteiger partial charge in [0.15, 0.2) is 0 Å². The van der Waals surface area contributed by atoms with Crippen molar-refractivity contribution in [2.45, 2.75) is 6.18 Å². The van der Waals surface area contributed by atoms with Crippen LogP contribution in [0.4, 0.5) is 18.0 Å². The fourth-order valence-corrected chi connectivity index (χ4v) is 1.34. The summed E-state index contributed by atoms with van der Waals surface area (Å²) in [7, 11) is 0. The summed E-state index contributed by atoms with van der Waals surface area (Å²) in [6.45, 7) is 0. The van der Waals surface area contributed by atoms with Gasteiger partial charge in [-0.15, -0.1) is 5.10 Å². The van der Waals surface area contributed by atoms with Crippen molar-refractivity contribution in [2.75, 3.05) is 0 Å². The van der Waals surface area contributed by atoms with E-state index in [-0.39, 0.29) is 4.73 Å². The van der Waals surface area contributed by atoms with Gasteiger partial charge in [-0.25, -0.2) is 9.78 Å². The summed E-state index contributed by atoms with van der Waals surface area (Å²) in [5, 5.41) is 6.50. The summed E-state index contributed by atoms with van der Waals surface area (Å²) in [6, 6.07) is -0.933. The molecule has 0 N–H and O–H groups in total. The highest BCUT2D eigenvalue weighted by molar-refractivity contribution is 9.10. The topological polar surface area (TPSA) is 78.5 Å². The highest BCUT2D eigenvalue weighted by atomic mass is 79.9. The Kier molecular flexibility index (Phi) is 2.69. The molecule has 0 fully saturated rings. The first kappa shape index (κ1) is 11.7. The van der Waals surface area contributed by atoms with E-state index in [1.807, 2.05) is 0 Å². The molecule has 0 spiro atoms. The van der Waals surface area contributed by atoms with Gasteiger partial charge in [-0.3, -0.25) is 0 Å². The summed E-state index contributed by atoms with van der Waals surface area (Å²) in [6.07, 6.45) is -2.63. The van der Waals surface area contributed by atoms with Crippen molar-refractivity contribution in [2.24, 2.45) is 0 Å². The zero-order valence-electron chi connectivity index (χ0n) is 7.76. The molecule has 0 amide bonds. The molecule has 0 aliphatic heterocycles. The van der Waals surface area contributed by atoms with Crippen molar-refractivity contribution in [1.82, 2.24) is 29.5 Å². The van der Waals surface area contributed by atoms with Crippen LogP contribution in [0.15, 0.2) is 17.4 Å². The fourth-order valence-electron chi connectivity index (χ4n) is 0.939. The highest BCUT2D eigenvalue weighted by Gasteiger charge is 2.37. The van der Waals surface area contributed by atoms with E-state index in [0.717, 1.165) is 17.3 Å². The van der Waals surface area contributed by atoms with Gasteiger partial charge in [0.25, 0.3) is 5.82 Å². The predicted molar refractivity (Wildman–Crippen MR) is 48.9 cm³/mol. The third-order valence-corrected chi connectivity index (χ3v) is 2.13. The standard InChI is InChI=1S/C6H2BrF3N6O/c7-4-13-3(6(8,9)10)14-16(4)5(17)15-2-11-1-12-15/h1-2H. The Morgan fingerprint density at radius 2 is 2.12 bits per heavy atom. The predicted octanol–water partition coefficient (Wildman–Crippen LogP) is 1.17. The molecule has 11 heteroatoms. The number of hydrogen-bond donors (Lipinski definition) is 0. The molecule has 2 aromatic heterocycles. The Morgan fingerprint density at radius 1 is 1.41 bits per heavy atom. The number of carbonyl (C=O) groups is 1. The van der Waals surface area contributed by atoms with Crippen LogP contribution in [0.5, 0.6) is 0 Å². The van der Waals surface area contributed by atoms with Crippen LogP contribution < -0.4 is 0 Å². The summed E-state index contributed by atoms with van der Waals surface area (Å²) < 4.78 is 37.6. The van der Waals surface area contributed by atoms with Crippen molar-refractivity contribution in [1.29, 1.82) is 0 Å². The lowest BCUT2D eigenvalue weighted by molar-refractivity contribution is -0.144. The van der Waals surface area contributed by atoms with E-state index in [1.165, 1.54) is 0 Å². The van der Waals surface area contributed by atoms with E-state index in [9.17, 15) is 18.0 Å². The number of hydrogen-bond acceptors (Lipinski definition) is 5. The number of nitrogens with zero attached hydrogens (tertiary/aromatic N) is 6. The van der Waals surface area contributed by atoms with E-state index in [0.29, 0.717) is 4.68 Å². The van der Waals surface area contributed by atoms with Crippen LogP contribution in [0, 0.1) is 0 Å². The molecule has 2 aromatic rings. The molecular formula is C6H2BrF3N6O. The number of alkyl halides is 3. The quantitative estimate of drug-likeness (QED) is 0.730. The summed E-state index contributed by atoms with van der Waals surface area (Å²) in [4.78, 5) is 18.2. The van der Waals surface area contributed by atoms with Gasteiger partial charge in [-0.2, -0.15) is 32.6 Å². The largest absolute Gasteiger partial charge is 0.453 e. The molecule has 90 valence electrons. The van der Waals surface area contributed by atoms with E-state index in [4.69, 9.17) is 0 Å². The minimum Gasteiger partial charge on any atom is -0.243 e. The lowest BCUT2D eigenvalue weighted by atomic mass is 10.6. The van der Waals surface area contributed by atoms with Crippen molar-refractivity contribution >= 4 is 22.0 Å². The van der Waals surface area contributed by atoms with E-state index in [1.54, 1.807) is 0 Å². The highest BCUT2D eigenvalue weighted by Crippen LogP contribution is 2.27. The van der Waals surface area contributed by atoms with Gasteiger partial charge in [0.05, 0.1) is 0 Å². The summed E-state index contributed by atoms with van der Waals surface area (Å²) in [5.74, 6) is -1.42. The molecule has 0 saturated carbocycles. The minimum atomic E-state index is -4.73. The van der Waals surface area contributed by atoms with Crippen molar-refractivity contribution in [3.63, 3.8) is 0 Å². The lowest BCUT2D eigenvalue weighted by Gasteiger charge is -1.99. The van der Waals surface area contributed by atoms with Crippen molar-refractivity contribution in [3.05, 3.63) is 23.2 Å². The zero-order chi connectivity index (χ0) is 12.6. The number of rotatable bonds is 0. The van der Waals surface area contributed by atoms with Crippen LogP contribution >= 0.6 is 15.9 Å². The smallest absolute Gasteiger partial charge is 0.243 e. The minimum absolute atomic E-state index is 0.370. The molecule has 0 aliphatic rings. The molecular weight excluding hydrogens is 309 g/mol. The Hall–Kier alpha value is -1.78. The molecule has 0 saturated heterocycles. The maximum absolute atomic E-state index is 12.3. The van der Waals surface area contributed by atoms with Crippen LogP contribution in [0.1, 0.15) is 5.82 Å². The van der Waals surface area contributed by atoms with E-state index >= 15 is 0 Å². The molecule has 0 bridgehead atoms. The monoisotopic (exact) mass is 310 g/mol. The van der Waals surface area contributed by atoms with Gasteiger partial charge in [0, 0.05) is 0 Å². The van der Waals surface area contributed by atoms with Crippen LogP contribution in [-0.2, 0) is 6.18 Å². The van der Waals surface area contributed by atoms with Gasteiger partial charge >= 0.3 is 12.2 Å². The third kappa shape index (κ3) is 2.18. The van der Waals surface area contributed by atoms with Crippen LogP contribution in [0.3, 0.4) is 0 Å². The molecule has 2 heterocycles. The zero-order valence-corrected chi connectivity index (χ0v) is 9.34. The Labute approximate surface area is 99.4 Å². The van der Waals surface area contributed by atoms with Crippen LogP contribution in [0.2, 0.25) is 0 Å². The number of carbonyl (C=O) groups excluding carboxylic acids is 1. The first-order chi connectivity index (χ1) is 7.89. The molecule has 0 atom stereocenters. The molecule has 17 heavy (non-hydrogen) atoms. The van der Waals surface area contributed by atoms with Crippen LogP contribution in [-0.4, -0.2) is 35.6 Å². The Bertz CT molecular complexity index is 547. The normalized spacial score (nSPS) is 11.8. The molecule has 0 aromatic carbocycles.